The van der Waals surface area contributed by atoms with E-state index in [-0.39, 0.29) is 5.91 Å². The van der Waals surface area contributed by atoms with Gasteiger partial charge in [0, 0.05) is 28.6 Å². The highest BCUT2D eigenvalue weighted by Crippen LogP contribution is 2.41. The summed E-state index contributed by atoms with van der Waals surface area (Å²) < 4.78 is 0. The number of piperidine rings is 1. The predicted octanol–water partition coefficient (Wildman–Crippen LogP) is 4.64. The molecule has 1 fully saturated rings. The van der Waals surface area contributed by atoms with Gasteiger partial charge in [0.15, 0.2) is 0 Å². The van der Waals surface area contributed by atoms with E-state index >= 15 is 0 Å². The van der Waals surface area contributed by atoms with Crippen molar-refractivity contribution in [3.63, 3.8) is 0 Å². The van der Waals surface area contributed by atoms with Gasteiger partial charge in [0.25, 0.3) is 5.91 Å². The number of aromatic nitrogens is 2. The van der Waals surface area contributed by atoms with E-state index in [0.29, 0.717) is 17.4 Å². The zero-order chi connectivity index (χ0) is 22.2. The average Bonchev–Trinajstić information content (AvgIpc) is 3.42. The lowest BCUT2D eigenvalue weighted by Crippen LogP contribution is -2.35. The average molecular weight is 436 g/mol. The molecule has 3 heterocycles. The van der Waals surface area contributed by atoms with Gasteiger partial charge in [0.2, 0.25) is 0 Å². The summed E-state index contributed by atoms with van der Waals surface area (Å²) in [5.74, 6) is 0.584. The quantitative estimate of drug-likeness (QED) is 0.352. The normalized spacial score (nSPS) is 17.6. The van der Waals surface area contributed by atoms with Gasteiger partial charge in [0.1, 0.15) is 5.82 Å². The number of aromatic amines is 1. The standard InChI is InChI=1S/C27H25N5O/c33-27-25(20-16-19(10-11-21(20)32-27)29-18-12-14-28-15-13-18)24(17-6-2-1-3-7-17)26-30-22-8-4-5-9-23(22)31-26/h1-11,16,18,28-29H,12-15H2,(H,30,31)(H,32,33)/b25-24-. The van der Waals surface area contributed by atoms with E-state index < -0.39 is 0 Å². The van der Waals surface area contributed by atoms with Crippen LogP contribution < -0.4 is 16.0 Å². The molecule has 6 nitrogen and oxygen atoms in total. The summed E-state index contributed by atoms with van der Waals surface area (Å²) in [6.07, 6.45) is 2.18. The van der Waals surface area contributed by atoms with Crippen molar-refractivity contribution in [2.75, 3.05) is 23.7 Å². The van der Waals surface area contributed by atoms with Crippen molar-refractivity contribution >= 4 is 39.5 Å². The van der Waals surface area contributed by atoms with Gasteiger partial charge in [-0.25, -0.2) is 4.98 Å². The first-order valence-corrected chi connectivity index (χ1v) is 11.4. The number of carbonyl (C=O) groups is 1. The highest BCUT2D eigenvalue weighted by atomic mass is 16.2. The molecule has 3 aromatic carbocycles. The molecule has 33 heavy (non-hydrogen) atoms. The summed E-state index contributed by atoms with van der Waals surface area (Å²) >= 11 is 0. The molecule has 2 aliphatic rings. The zero-order valence-corrected chi connectivity index (χ0v) is 18.2. The second kappa shape index (κ2) is 8.22. The number of anilines is 2. The van der Waals surface area contributed by atoms with Crippen LogP contribution in [0.2, 0.25) is 0 Å². The molecule has 2 aliphatic heterocycles. The Morgan fingerprint density at radius 2 is 1.73 bits per heavy atom. The highest BCUT2D eigenvalue weighted by molar-refractivity contribution is 6.38. The molecule has 0 saturated carbocycles. The first-order chi connectivity index (χ1) is 16.3. The third-order valence-corrected chi connectivity index (χ3v) is 6.41. The fourth-order valence-corrected chi connectivity index (χ4v) is 4.78. The molecule has 0 atom stereocenters. The molecule has 1 amide bonds. The Kier molecular flexibility index (Phi) is 4.92. The van der Waals surface area contributed by atoms with E-state index in [9.17, 15) is 4.79 Å². The smallest absolute Gasteiger partial charge is 0.257 e. The summed E-state index contributed by atoms with van der Waals surface area (Å²) in [6, 6.07) is 24.5. The van der Waals surface area contributed by atoms with Crippen molar-refractivity contribution in [3.05, 3.63) is 89.7 Å². The van der Waals surface area contributed by atoms with Crippen molar-refractivity contribution in [1.29, 1.82) is 0 Å². The lowest BCUT2D eigenvalue weighted by Gasteiger charge is -2.25. The largest absolute Gasteiger partial charge is 0.382 e. The second-order valence-electron chi connectivity index (χ2n) is 8.60. The number of carbonyl (C=O) groups excluding carboxylic acids is 1. The first-order valence-electron chi connectivity index (χ1n) is 11.4. The molecule has 0 aliphatic carbocycles. The molecular formula is C27H25N5O. The monoisotopic (exact) mass is 435 g/mol. The molecule has 1 saturated heterocycles. The van der Waals surface area contributed by atoms with Crippen LogP contribution in [0.5, 0.6) is 0 Å². The Balaban J connectivity index is 1.51. The molecule has 0 bridgehead atoms. The van der Waals surface area contributed by atoms with Gasteiger partial charge in [0.05, 0.1) is 16.6 Å². The number of fused-ring (bicyclic) bond motifs is 2. The first kappa shape index (κ1) is 19.8. The number of nitrogens with one attached hydrogen (secondary N) is 4. The number of imidazole rings is 1. The van der Waals surface area contributed by atoms with E-state index in [1.54, 1.807) is 0 Å². The van der Waals surface area contributed by atoms with Gasteiger partial charge in [-0.3, -0.25) is 4.79 Å². The van der Waals surface area contributed by atoms with E-state index in [2.05, 4.69) is 27.0 Å². The third-order valence-electron chi connectivity index (χ3n) is 6.41. The molecule has 1 aromatic heterocycles. The maximum Gasteiger partial charge on any atom is 0.257 e. The van der Waals surface area contributed by atoms with Crippen LogP contribution in [0.25, 0.3) is 22.2 Å². The number of hydrogen-bond acceptors (Lipinski definition) is 4. The van der Waals surface area contributed by atoms with Crippen molar-refractivity contribution in [1.82, 2.24) is 15.3 Å². The Morgan fingerprint density at radius 3 is 2.55 bits per heavy atom. The van der Waals surface area contributed by atoms with E-state index in [1.807, 2.05) is 66.7 Å². The number of hydrogen-bond donors (Lipinski definition) is 4. The van der Waals surface area contributed by atoms with Gasteiger partial charge >= 0.3 is 0 Å². The van der Waals surface area contributed by atoms with Crippen LogP contribution >= 0.6 is 0 Å². The molecule has 6 heteroatoms. The molecule has 4 N–H and O–H groups in total. The fraction of sp³-hybridized carbons (Fsp3) is 0.185. The van der Waals surface area contributed by atoms with Crippen LogP contribution in [0, 0.1) is 0 Å². The second-order valence-corrected chi connectivity index (χ2v) is 8.60. The summed E-state index contributed by atoms with van der Waals surface area (Å²) in [6.45, 7) is 2.05. The van der Waals surface area contributed by atoms with Crippen LogP contribution in [-0.4, -0.2) is 35.0 Å². The summed E-state index contributed by atoms with van der Waals surface area (Å²) in [5.41, 5.74) is 6.99. The molecule has 164 valence electrons. The number of nitrogens with zero attached hydrogens (tertiary/aromatic N) is 1. The highest BCUT2D eigenvalue weighted by Gasteiger charge is 2.30. The van der Waals surface area contributed by atoms with Gasteiger partial charge in [-0.05, 0) is 61.8 Å². The van der Waals surface area contributed by atoms with Crippen molar-refractivity contribution in [2.45, 2.75) is 18.9 Å². The predicted molar refractivity (Wildman–Crippen MR) is 133 cm³/mol. The fourth-order valence-electron chi connectivity index (χ4n) is 4.78. The van der Waals surface area contributed by atoms with Crippen molar-refractivity contribution in [3.8, 4) is 0 Å². The van der Waals surface area contributed by atoms with Crippen LogP contribution in [0.4, 0.5) is 11.4 Å². The number of amides is 1. The Bertz CT molecular complexity index is 1330. The van der Waals surface area contributed by atoms with Crippen LogP contribution in [0.1, 0.15) is 29.8 Å². The Labute approximate surface area is 192 Å². The minimum absolute atomic E-state index is 0.108. The van der Waals surface area contributed by atoms with Crippen molar-refractivity contribution in [2.24, 2.45) is 0 Å². The zero-order valence-electron chi connectivity index (χ0n) is 18.2. The number of rotatable bonds is 4. The van der Waals surface area contributed by atoms with Gasteiger partial charge < -0.3 is 20.9 Å². The molecule has 4 aromatic rings. The Hall–Kier alpha value is -3.90. The maximum atomic E-state index is 13.3. The van der Waals surface area contributed by atoms with Crippen LogP contribution in [0.3, 0.4) is 0 Å². The van der Waals surface area contributed by atoms with Crippen LogP contribution in [-0.2, 0) is 4.79 Å². The van der Waals surface area contributed by atoms with Crippen LogP contribution in [0.15, 0.2) is 72.8 Å². The lowest BCUT2D eigenvalue weighted by atomic mass is 9.94. The topological polar surface area (TPSA) is 81.8 Å². The number of benzene rings is 3. The minimum Gasteiger partial charge on any atom is -0.382 e. The third kappa shape index (κ3) is 3.68. The van der Waals surface area contributed by atoms with E-state index in [4.69, 9.17) is 4.98 Å². The van der Waals surface area contributed by atoms with E-state index in [1.165, 1.54) is 0 Å². The summed E-state index contributed by atoms with van der Waals surface area (Å²) in [7, 11) is 0. The van der Waals surface area contributed by atoms with Crippen molar-refractivity contribution < 1.29 is 4.79 Å². The van der Waals surface area contributed by atoms with Gasteiger partial charge in [-0.2, -0.15) is 0 Å². The summed E-state index contributed by atoms with van der Waals surface area (Å²) in [5, 5.41) is 10.1. The molecule has 0 spiro atoms. The van der Waals surface area contributed by atoms with Gasteiger partial charge in [-0.1, -0.05) is 42.5 Å². The Morgan fingerprint density at radius 1 is 0.939 bits per heavy atom. The van der Waals surface area contributed by atoms with E-state index in [0.717, 1.165) is 65.0 Å². The SMILES string of the molecule is O=C1Nc2ccc(NC3CCNCC3)cc2/C1=C(\c1ccccc1)c1nc2ccccc2[nH]1. The number of para-hydroxylation sites is 2. The molecule has 0 radical (unpaired) electrons. The summed E-state index contributed by atoms with van der Waals surface area (Å²) in [4.78, 5) is 21.6. The number of H-pyrrole nitrogens is 1. The lowest BCUT2D eigenvalue weighted by molar-refractivity contribution is -0.110. The molecular weight excluding hydrogens is 410 g/mol. The maximum absolute atomic E-state index is 13.3. The molecule has 6 rings (SSSR count). The molecule has 0 unspecified atom stereocenters. The minimum atomic E-state index is -0.108. The van der Waals surface area contributed by atoms with Gasteiger partial charge in [-0.15, -0.1) is 0 Å².